The van der Waals surface area contributed by atoms with Crippen molar-refractivity contribution in [3.05, 3.63) is 0 Å². The number of hydrogen-bond acceptors (Lipinski definition) is 8. The number of thiol groups is 1. The summed E-state index contributed by atoms with van der Waals surface area (Å²) in [6, 6.07) is -1.68. The Hall–Kier alpha value is -1.61. The van der Waals surface area contributed by atoms with Crippen molar-refractivity contribution in [2.75, 3.05) is 19.0 Å². The number of nitrogens with two attached hydrogens (primary N) is 1. The lowest BCUT2D eigenvalue weighted by Crippen LogP contribution is -2.43. The van der Waals surface area contributed by atoms with E-state index in [2.05, 4.69) is 17.9 Å². The van der Waals surface area contributed by atoms with Gasteiger partial charge in [0, 0.05) is 18.6 Å². The van der Waals surface area contributed by atoms with Gasteiger partial charge in [-0.1, -0.05) is 0 Å². The first-order chi connectivity index (χ1) is 11.3. The Morgan fingerprint density at radius 3 is 2.21 bits per heavy atom. The van der Waals surface area contributed by atoms with Gasteiger partial charge in [-0.3, -0.25) is 19.2 Å². The van der Waals surface area contributed by atoms with E-state index in [1.54, 1.807) is 13.8 Å². The molecule has 138 valence electrons. The van der Waals surface area contributed by atoms with Crippen LogP contribution in [0.1, 0.15) is 39.5 Å². The fraction of sp³-hybridized carbons (Fsp3) is 0.733. The highest BCUT2D eigenvalue weighted by molar-refractivity contribution is 7.80. The van der Waals surface area contributed by atoms with E-state index >= 15 is 0 Å². The standard InChI is InChI=1S/C15H26N2O6S/c1-3-22-14(20)8-6-12(18)11(9-24)17-13(19)7-5-10(16)15(21)23-4-2/h10-11,24H,3-9,16H2,1-2H3,(H,17,19)/t10-,11-/m0/s1. The summed E-state index contributed by atoms with van der Waals surface area (Å²) in [5.41, 5.74) is 5.60. The van der Waals surface area contributed by atoms with Crippen LogP contribution in [0, 0.1) is 0 Å². The Morgan fingerprint density at radius 2 is 1.67 bits per heavy atom. The van der Waals surface area contributed by atoms with Gasteiger partial charge in [-0.15, -0.1) is 0 Å². The molecule has 0 fully saturated rings. The molecule has 0 aliphatic rings. The summed E-state index contributed by atoms with van der Waals surface area (Å²) in [5, 5.41) is 2.52. The molecule has 0 heterocycles. The van der Waals surface area contributed by atoms with E-state index in [9.17, 15) is 19.2 Å². The van der Waals surface area contributed by atoms with Crippen molar-refractivity contribution in [2.24, 2.45) is 5.73 Å². The third kappa shape index (κ3) is 9.51. The monoisotopic (exact) mass is 362 g/mol. The summed E-state index contributed by atoms with van der Waals surface area (Å²) in [6.45, 7) is 3.81. The maximum Gasteiger partial charge on any atom is 0.322 e. The molecule has 1 amide bonds. The van der Waals surface area contributed by atoms with E-state index in [4.69, 9.17) is 15.2 Å². The lowest BCUT2D eigenvalue weighted by atomic mass is 10.1. The van der Waals surface area contributed by atoms with Gasteiger partial charge in [0.15, 0.2) is 5.78 Å². The van der Waals surface area contributed by atoms with Crippen LogP contribution in [0.5, 0.6) is 0 Å². The maximum absolute atomic E-state index is 12.0. The third-order valence-corrected chi connectivity index (χ3v) is 3.42. The van der Waals surface area contributed by atoms with Gasteiger partial charge < -0.3 is 20.5 Å². The van der Waals surface area contributed by atoms with Crippen LogP contribution >= 0.6 is 12.6 Å². The number of carbonyl (C=O) groups excluding carboxylic acids is 4. The highest BCUT2D eigenvalue weighted by atomic mass is 32.1. The van der Waals surface area contributed by atoms with Crippen molar-refractivity contribution in [3.63, 3.8) is 0 Å². The Balaban J connectivity index is 4.25. The molecule has 0 aromatic rings. The molecule has 0 rings (SSSR count). The van der Waals surface area contributed by atoms with Crippen molar-refractivity contribution in [1.82, 2.24) is 5.32 Å². The Bertz CT molecular complexity index is 444. The number of Topliss-reactive ketones (excluding diaryl/α,β-unsaturated/α-hetero) is 1. The number of ketones is 1. The van der Waals surface area contributed by atoms with Crippen LogP contribution in [-0.4, -0.2) is 54.7 Å². The number of hydrogen-bond donors (Lipinski definition) is 3. The van der Waals surface area contributed by atoms with Gasteiger partial charge in [-0.05, 0) is 20.3 Å². The number of ether oxygens (including phenoxy) is 2. The fourth-order valence-electron chi connectivity index (χ4n) is 1.78. The minimum atomic E-state index is -0.885. The highest BCUT2D eigenvalue weighted by Gasteiger charge is 2.21. The SMILES string of the molecule is CCOC(=O)CCC(=O)[C@H](CS)NC(=O)CC[C@H](N)C(=O)OCC. The molecular formula is C15H26N2O6S. The van der Waals surface area contributed by atoms with Crippen molar-refractivity contribution < 1.29 is 28.7 Å². The van der Waals surface area contributed by atoms with Gasteiger partial charge in [0.25, 0.3) is 0 Å². The second kappa shape index (κ2) is 12.8. The van der Waals surface area contributed by atoms with Gasteiger partial charge in [-0.2, -0.15) is 12.6 Å². The van der Waals surface area contributed by atoms with Crippen molar-refractivity contribution >= 4 is 36.3 Å². The molecule has 0 aliphatic heterocycles. The van der Waals surface area contributed by atoms with E-state index in [0.29, 0.717) is 0 Å². The lowest BCUT2D eigenvalue weighted by molar-refractivity contribution is -0.145. The molecule has 0 saturated heterocycles. The summed E-state index contributed by atoms with van der Waals surface area (Å²) in [4.78, 5) is 46.4. The fourth-order valence-corrected chi connectivity index (χ4v) is 2.08. The summed E-state index contributed by atoms with van der Waals surface area (Å²) < 4.78 is 9.48. The molecule has 0 bridgehead atoms. The number of nitrogens with one attached hydrogen (secondary N) is 1. The minimum Gasteiger partial charge on any atom is -0.466 e. The average molecular weight is 362 g/mol. The van der Waals surface area contributed by atoms with Gasteiger partial charge in [0.2, 0.25) is 5.91 Å². The largest absolute Gasteiger partial charge is 0.466 e. The maximum atomic E-state index is 12.0. The molecule has 24 heavy (non-hydrogen) atoms. The number of esters is 2. The number of carbonyl (C=O) groups is 4. The van der Waals surface area contributed by atoms with Crippen molar-refractivity contribution in [1.29, 1.82) is 0 Å². The molecule has 0 aliphatic carbocycles. The average Bonchev–Trinajstić information content (AvgIpc) is 2.55. The van der Waals surface area contributed by atoms with Crippen molar-refractivity contribution in [2.45, 2.75) is 51.6 Å². The molecule has 9 heteroatoms. The van der Waals surface area contributed by atoms with Crippen LogP contribution in [0.2, 0.25) is 0 Å². The van der Waals surface area contributed by atoms with Gasteiger partial charge in [-0.25, -0.2) is 0 Å². The van der Waals surface area contributed by atoms with Crippen LogP contribution in [-0.2, 0) is 28.7 Å². The normalized spacial score (nSPS) is 12.8. The van der Waals surface area contributed by atoms with Crippen LogP contribution < -0.4 is 11.1 Å². The molecule has 0 aromatic heterocycles. The number of amides is 1. The van der Waals surface area contributed by atoms with Gasteiger partial charge >= 0.3 is 11.9 Å². The molecule has 2 atom stereocenters. The predicted molar refractivity (Wildman–Crippen MR) is 90.5 cm³/mol. The van der Waals surface area contributed by atoms with E-state index in [-0.39, 0.29) is 50.4 Å². The van der Waals surface area contributed by atoms with E-state index < -0.39 is 29.9 Å². The van der Waals surface area contributed by atoms with Gasteiger partial charge in [0.05, 0.1) is 25.7 Å². The zero-order valence-electron chi connectivity index (χ0n) is 14.1. The third-order valence-electron chi connectivity index (χ3n) is 3.06. The van der Waals surface area contributed by atoms with Crippen LogP contribution in [0.4, 0.5) is 0 Å². The smallest absolute Gasteiger partial charge is 0.322 e. The van der Waals surface area contributed by atoms with Crippen molar-refractivity contribution in [3.8, 4) is 0 Å². The molecule has 0 saturated carbocycles. The highest BCUT2D eigenvalue weighted by Crippen LogP contribution is 2.03. The zero-order valence-corrected chi connectivity index (χ0v) is 15.0. The lowest BCUT2D eigenvalue weighted by Gasteiger charge is -2.16. The minimum absolute atomic E-state index is 0.0184. The topological polar surface area (TPSA) is 125 Å². The summed E-state index contributed by atoms with van der Waals surface area (Å²) in [7, 11) is 0. The first-order valence-corrected chi connectivity index (χ1v) is 8.49. The van der Waals surface area contributed by atoms with E-state index in [0.717, 1.165) is 0 Å². The Kier molecular flexibility index (Phi) is 11.9. The number of rotatable bonds is 12. The summed E-state index contributed by atoms with van der Waals surface area (Å²) >= 11 is 4.03. The second-order valence-electron chi connectivity index (χ2n) is 4.97. The first kappa shape index (κ1) is 22.4. The van der Waals surface area contributed by atoms with Crippen LogP contribution in [0.25, 0.3) is 0 Å². The summed E-state index contributed by atoms with van der Waals surface area (Å²) in [6.07, 6.45) is 0.0175. The summed E-state index contributed by atoms with van der Waals surface area (Å²) in [5.74, 6) is -1.64. The molecule has 0 radical (unpaired) electrons. The second-order valence-corrected chi connectivity index (χ2v) is 5.34. The van der Waals surface area contributed by atoms with E-state index in [1.807, 2.05) is 0 Å². The Labute approximate surface area is 147 Å². The first-order valence-electron chi connectivity index (χ1n) is 7.86. The quantitative estimate of drug-likeness (QED) is 0.329. The predicted octanol–water partition coefficient (Wildman–Crippen LogP) is -0.0160. The van der Waals surface area contributed by atoms with Gasteiger partial charge in [0.1, 0.15) is 6.04 Å². The molecule has 0 spiro atoms. The Morgan fingerprint density at radius 1 is 1.04 bits per heavy atom. The van der Waals surface area contributed by atoms with Crippen LogP contribution in [0.15, 0.2) is 0 Å². The molecule has 3 N–H and O–H groups in total. The molecule has 8 nitrogen and oxygen atoms in total. The molecule has 0 unspecified atom stereocenters. The molecule has 0 aromatic carbocycles. The zero-order chi connectivity index (χ0) is 18.5. The van der Waals surface area contributed by atoms with Crippen LogP contribution in [0.3, 0.4) is 0 Å². The van der Waals surface area contributed by atoms with E-state index in [1.165, 1.54) is 0 Å². The molecular weight excluding hydrogens is 336 g/mol.